The molecule has 0 aromatic rings. The van der Waals surface area contributed by atoms with E-state index in [4.69, 9.17) is 28.4 Å². The van der Waals surface area contributed by atoms with Crippen LogP contribution >= 0.6 is 0 Å². The van der Waals surface area contributed by atoms with Crippen LogP contribution < -0.4 is 0 Å². The van der Waals surface area contributed by atoms with Gasteiger partial charge in [-0.1, -0.05) is 72.9 Å². The van der Waals surface area contributed by atoms with Gasteiger partial charge in [0, 0.05) is 0 Å². The zero-order valence-corrected chi connectivity index (χ0v) is 23.7. The largest absolute Gasteiger partial charge is 0.374 e. The van der Waals surface area contributed by atoms with Crippen molar-refractivity contribution in [2.75, 3.05) is 52.9 Å². The normalized spacial score (nSPS) is 14.5. The molecule has 6 nitrogen and oxygen atoms in total. The van der Waals surface area contributed by atoms with Gasteiger partial charge in [0.1, 0.15) is 24.4 Å². The number of hydrogen-bond donors (Lipinski definition) is 0. The van der Waals surface area contributed by atoms with Crippen molar-refractivity contribution in [2.45, 2.75) is 66.0 Å². The van der Waals surface area contributed by atoms with Crippen LogP contribution in [0.25, 0.3) is 0 Å². The summed E-state index contributed by atoms with van der Waals surface area (Å²) in [7, 11) is 0. The van der Waals surface area contributed by atoms with Crippen LogP contribution in [0.1, 0.15) is 41.5 Å². The Morgan fingerprint density at radius 1 is 0.417 bits per heavy atom. The zero-order chi connectivity index (χ0) is 27.7. The van der Waals surface area contributed by atoms with E-state index in [9.17, 15) is 0 Å². The Morgan fingerprint density at radius 3 is 0.917 bits per heavy atom. The van der Waals surface area contributed by atoms with E-state index in [0.717, 1.165) is 33.4 Å². The van der Waals surface area contributed by atoms with Gasteiger partial charge in [0.05, 0.1) is 52.9 Å². The summed E-state index contributed by atoms with van der Waals surface area (Å²) in [6.07, 6.45) is -2.08. The van der Waals surface area contributed by atoms with E-state index in [1.165, 1.54) is 0 Å². The number of rotatable bonds is 23. The van der Waals surface area contributed by atoms with Crippen LogP contribution in [-0.2, 0) is 28.4 Å². The van der Waals surface area contributed by atoms with Gasteiger partial charge in [-0.15, -0.1) is 0 Å². The first-order valence-electron chi connectivity index (χ1n) is 12.3. The Hall–Kier alpha value is -1.80. The van der Waals surface area contributed by atoms with Crippen LogP contribution in [0.15, 0.2) is 72.9 Å². The molecule has 0 fully saturated rings. The molecule has 0 amide bonds. The second kappa shape index (κ2) is 19.3. The van der Waals surface area contributed by atoms with E-state index in [2.05, 4.69) is 39.5 Å². The number of ether oxygens (including phenoxy) is 6. The fraction of sp³-hybridized carbons (Fsp3) is 0.600. The molecule has 0 aliphatic carbocycles. The lowest BCUT2D eigenvalue weighted by Crippen LogP contribution is -2.53. The third kappa shape index (κ3) is 17.6. The summed E-state index contributed by atoms with van der Waals surface area (Å²) < 4.78 is 37.1. The molecule has 0 saturated heterocycles. The summed E-state index contributed by atoms with van der Waals surface area (Å²) in [4.78, 5) is 0. The van der Waals surface area contributed by atoms with Crippen molar-refractivity contribution in [3.05, 3.63) is 72.9 Å². The molecule has 0 heterocycles. The molecule has 0 unspecified atom stereocenters. The molecule has 0 N–H and O–H groups in total. The van der Waals surface area contributed by atoms with Crippen molar-refractivity contribution in [3.63, 3.8) is 0 Å². The summed E-state index contributed by atoms with van der Waals surface area (Å²) in [5, 5.41) is 0. The molecule has 0 spiro atoms. The smallest absolute Gasteiger partial charge is 0.115 e. The fourth-order valence-corrected chi connectivity index (χ4v) is 2.98. The van der Waals surface area contributed by atoms with E-state index in [0.29, 0.717) is 39.6 Å². The standard InChI is InChI=1S/C30H50O6/c1-21(2)13-31-19-27(33-15-23(5)6)29(35-17-25(9)10)30(36-18-26(11)12)28(34-16-24(7)8)20-32-14-22(3)4/h27-30H,1,3,5,7,9,11,13-20H2,2,4,6,8,10,12H3/t27-,28+,29-,30-/m1/s1. The van der Waals surface area contributed by atoms with E-state index < -0.39 is 24.4 Å². The van der Waals surface area contributed by atoms with Crippen LogP contribution in [0.2, 0.25) is 0 Å². The first-order valence-corrected chi connectivity index (χ1v) is 12.3. The lowest BCUT2D eigenvalue weighted by atomic mass is 10.0. The lowest BCUT2D eigenvalue weighted by Gasteiger charge is -2.37. The molecule has 4 atom stereocenters. The molecular formula is C30H50O6. The molecular weight excluding hydrogens is 456 g/mol. The Labute approximate surface area is 220 Å². The van der Waals surface area contributed by atoms with Crippen molar-refractivity contribution < 1.29 is 28.4 Å². The van der Waals surface area contributed by atoms with E-state index in [1.54, 1.807) is 0 Å². The van der Waals surface area contributed by atoms with E-state index in [1.807, 2.05) is 41.5 Å². The summed E-state index contributed by atoms with van der Waals surface area (Å²) >= 11 is 0. The minimum atomic E-state index is -0.561. The van der Waals surface area contributed by atoms with Crippen molar-refractivity contribution in [1.29, 1.82) is 0 Å². The fourth-order valence-electron chi connectivity index (χ4n) is 2.98. The zero-order valence-electron chi connectivity index (χ0n) is 23.7. The van der Waals surface area contributed by atoms with Gasteiger partial charge in [-0.05, 0) is 41.5 Å². The number of hydrogen-bond acceptors (Lipinski definition) is 6. The van der Waals surface area contributed by atoms with Crippen molar-refractivity contribution in [3.8, 4) is 0 Å². The maximum absolute atomic E-state index is 6.38. The Balaban J connectivity index is 6.27. The molecule has 0 aliphatic heterocycles. The van der Waals surface area contributed by atoms with E-state index >= 15 is 0 Å². The predicted molar refractivity (Wildman–Crippen MR) is 149 cm³/mol. The highest BCUT2D eigenvalue weighted by Gasteiger charge is 2.39. The second-order valence-electron chi connectivity index (χ2n) is 10.0. The van der Waals surface area contributed by atoms with Gasteiger partial charge in [-0.25, -0.2) is 0 Å². The van der Waals surface area contributed by atoms with Gasteiger partial charge in [-0.3, -0.25) is 0 Å². The van der Waals surface area contributed by atoms with Crippen LogP contribution in [0.3, 0.4) is 0 Å². The molecule has 0 aliphatic rings. The van der Waals surface area contributed by atoms with Crippen molar-refractivity contribution in [2.24, 2.45) is 0 Å². The highest BCUT2D eigenvalue weighted by atomic mass is 16.6. The summed E-state index contributed by atoms with van der Waals surface area (Å²) in [5.41, 5.74) is 5.35. The molecule has 206 valence electrons. The Kier molecular flexibility index (Phi) is 18.4. The minimum Gasteiger partial charge on any atom is -0.374 e. The summed E-state index contributed by atoms with van der Waals surface area (Å²) in [6.45, 7) is 38.0. The first kappa shape index (κ1) is 34.2. The van der Waals surface area contributed by atoms with Crippen LogP contribution in [0.4, 0.5) is 0 Å². The van der Waals surface area contributed by atoms with Gasteiger partial charge in [-0.2, -0.15) is 0 Å². The van der Waals surface area contributed by atoms with Gasteiger partial charge in [0.15, 0.2) is 0 Å². The topological polar surface area (TPSA) is 55.4 Å². The van der Waals surface area contributed by atoms with Gasteiger partial charge in [0.2, 0.25) is 0 Å². The van der Waals surface area contributed by atoms with Gasteiger partial charge >= 0.3 is 0 Å². The first-order chi connectivity index (χ1) is 16.8. The second-order valence-corrected chi connectivity index (χ2v) is 10.0. The SMILES string of the molecule is C=C(C)COC[C@H](OCC(=C)C)[C@@H](OCC(=C)C)[C@H](OCC(=C)C)[C@@H](COCC(=C)C)OCC(=C)C. The molecule has 0 aromatic heterocycles. The quantitative estimate of drug-likeness (QED) is 0.158. The van der Waals surface area contributed by atoms with Gasteiger partial charge in [0.25, 0.3) is 0 Å². The molecule has 0 rings (SSSR count). The highest BCUT2D eigenvalue weighted by Crippen LogP contribution is 2.22. The average Bonchev–Trinajstić information content (AvgIpc) is 2.74. The summed E-state index contributed by atoms with van der Waals surface area (Å²) in [6, 6.07) is 0. The predicted octanol–water partition coefficient (Wildman–Crippen LogP) is 6.02. The third-order valence-corrected chi connectivity index (χ3v) is 4.45. The molecule has 0 saturated carbocycles. The molecule has 0 aromatic carbocycles. The maximum Gasteiger partial charge on any atom is 0.115 e. The average molecular weight is 507 g/mol. The van der Waals surface area contributed by atoms with Crippen LogP contribution in [0, 0.1) is 0 Å². The molecule has 36 heavy (non-hydrogen) atoms. The molecule has 0 radical (unpaired) electrons. The maximum atomic E-state index is 6.38. The monoisotopic (exact) mass is 506 g/mol. The van der Waals surface area contributed by atoms with Crippen LogP contribution in [-0.4, -0.2) is 77.3 Å². The molecule has 0 bridgehead atoms. The molecule has 6 heteroatoms. The van der Waals surface area contributed by atoms with E-state index in [-0.39, 0.29) is 13.2 Å². The Bertz CT molecular complexity index is 676. The Morgan fingerprint density at radius 2 is 0.667 bits per heavy atom. The van der Waals surface area contributed by atoms with Crippen LogP contribution in [0.5, 0.6) is 0 Å². The lowest BCUT2D eigenvalue weighted by molar-refractivity contribution is -0.187. The summed E-state index contributed by atoms with van der Waals surface area (Å²) in [5.74, 6) is 0. The van der Waals surface area contributed by atoms with Crippen molar-refractivity contribution >= 4 is 0 Å². The minimum absolute atomic E-state index is 0.272. The third-order valence-electron chi connectivity index (χ3n) is 4.45. The van der Waals surface area contributed by atoms with Gasteiger partial charge < -0.3 is 28.4 Å². The van der Waals surface area contributed by atoms with Crippen molar-refractivity contribution in [1.82, 2.24) is 0 Å². The highest BCUT2D eigenvalue weighted by molar-refractivity contribution is 4.97.